The Kier molecular flexibility index (Phi) is 5.35. The lowest BCUT2D eigenvalue weighted by atomic mass is 10.2. The number of rotatable bonds is 5. The molecule has 0 aliphatic heterocycles. The molecular formula is C18H14F2N4O5S. The fourth-order valence-corrected chi connectivity index (χ4v) is 4.24. The van der Waals surface area contributed by atoms with Gasteiger partial charge in [-0.05, 0) is 24.6 Å². The van der Waals surface area contributed by atoms with Crippen LogP contribution in [0.3, 0.4) is 0 Å². The van der Waals surface area contributed by atoms with Crippen LogP contribution in [-0.2, 0) is 17.1 Å². The smallest absolute Gasteiger partial charge is 0.290 e. The van der Waals surface area contributed by atoms with Gasteiger partial charge in [-0.3, -0.25) is 14.9 Å². The predicted octanol–water partition coefficient (Wildman–Crippen LogP) is 2.70. The molecule has 0 fully saturated rings. The Morgan fingerprint density at radius 3 is 2.37 bits per heavy atom. The molecule has 0 aliphatic rings. The molecule has 0 aliphatic carbocycles. The standard InChI is InChI=1S/C18H14F2N4O5S/c1-10-5-3-8-14(24(26)27)16(10)30(28,29)22-18(25)13-9-23(2)17(21-13)15-11(19)6-4-7-12(15)20/h3-9H,1-2H3,(H,22,25). The maximum Gasteiger partial charge on any atom is 0.290 e. The van der Waals surface area contributed by atoms with E-state index in [9.17, 15) is 32.1 Å². The highest BCUT2D eigenvalue weighted by molar-refractivity contribution is 7.90. The molecule has 0 saturated carbocycles. The van der Waals surface area contributed by atoms with E-state index in [4.69, 9.17) is 0 Å². The number of aromatic nitrogens is 2. The molecule has 0 atom stereocenters. The molecule has 2 aromatic carbocycles. The highest BCUT2D eigenvalue weighted by Crippen LogP contribution is 2.28. The summed E-state index contributed by atoms with van der Waals surface area (Å²) < 4.78 is 56.2. The Hall–Kier alpha value is -3.67. The van der Waals surface area contributed by atoms with Crippen molar-refractivity contribution in [1.29, 1.82) is 0 Å². The highest BCUT2D eigenvalue weighted by Gasteiger charge is 2.30. The van der Waals surface area contributed by atoms with Gasteiger partial charge < -0.3 is 4.57 Å². The number of hydrogen-bond donors (Lipinski definition) is 1. The van der Waals surface area contributed by atoms with Crippen LogP contribution >= 0.6 is 0 Å². The summed E-state index contributed by atoms with van der Waals surface area (Å²) in [6.07, 6.45) is 1.08. The van der Waals surface area contributed by atoms with Crippen molar-refractivity contribution in [2.45, 2.75) is 11.8 Å². The third-order valence-corrected chi connectivity index (χ3v) is 5.70. The van der Waals surface area contributed by atoms with Gasteiger partial charge in [0.25, 0.3) is 21.6 Å². The average Bonchev–Trinajstić information content (AvgIpc) is 3.02. The number of nitrogens with zero attached hydrogens (tertiary/aromatic N) is 3. The van der Waals surface area contributed by atoms with E-state index < -0.39 is 54.3 Å². The fourth-order valence-electron chi connectivity index (χ4n) is 2.88. The minimum atomic E-state index is -4.64. The molecule has 30 heavy (non-hydrogen) atoms. The molecule has 3 rings (SSSR count). The largest absolute Gasteiger partial charge is 0.333 e. The van der Waals surface area contributed by atoms with E-state index in [2.05, 4.69) is 4.98 Å². The zero-order chi connectivity index (χ0) is 22.2. The fraction of sp³-hybridized carbons (Fsp3) is 0.111. The van der Waals surface area contributed by atoms with Gasteiger partial charge >= 0.3 is 0 Å². The van der Waals surface area contributed by atoms with Gasteiger partial charge in [-0.25, -0.2) is 26.9 Å². The van der Waals surface area contributed by atoms with Gasteiger partial charge in [0.15, 0.2) is 4.90 Å². The van der Waals surface area contributed by atoms with Gasteiger partial charge in [-0.2, -0.15) is 0 Å². The lowest BCUT2D eigenvalue weighted by molar-refractivity contribution is -0.387. The Morgan fingerprint density at radius 2 is 1.77 bits per heavy atom. The number of halogens is 2. The Morgan fingerprint density at radius 1 is 1.17 bits per heavy atom. The molecule has 1 aromatic heterocycles. The molecule has 9 nitrogen and oxygen atoms in total. The number of aryl methyl sites for hydroxylation is 2. The SMILES string of the molecule is Cc1cccc([N+](=O)[O-])c1S(=O)(=O)NC(=O)c1cn(C)c(-c2c(F)cccc2F)n1. The van der Waals surface area contributed by atoms with Gasteiger partial charge in [-0.15, -0.1) is 0 Å². The van der Waals surface area contributed by atoms with Gasteiger partial charge in [0, 0.05) is 19.3 Å². The zero-order valence-corrected chi connectivity index (χ0v) is 16.4. The van der Waals surface area contributed by atoms with Crippen molar-refractivity contribution in [2.24, 2.45) is 7.05 Å². The molecule has 0 saturated heterocycles. The molecule has 1 N–H and O–H groups in total. The van der Waals surface area contributed by atoms with Crippen LogP contribution in [0.4, 0.5) is 14.5 Å². The molecular weight excluding hydrogens is 422 g/mol. The van der Waals surface area contributed by atoms with E-state index in [0.717, 1.165) is 35.0 Å². The molecule has 1 amide bonds. The molecule has 1 heterocycles. The maximum absolute atomic E-state index is 14.0. The molecule has 0 bridgehead atoms. The topological polar surface area (TPSA) is 124 Å². The third-order valence-electron chi connectivity index (χ3n) is 4.18. The van der Waals surface area contributed by atoms with Crippen LogP contribution < -0.4 is 4.72 Å². The van der Waals surface area contributed by atoms with Gasteiger partial charge in [0.05, 0.1) is 10.5 Å². The molecule has 0 radical (unpaired) electrons. The maximum atomic E-state index is 14.0. The number of amides is 1. The van der Waals surface area contributed by atoms with Crippen LogP contribution in [0.2, 0.25) is 0 Å². The number of sulfonamides is 1. The van der Waals surface area contributed by atoms with E-state index in [1.807, 2.05) is 0 Å². The Balaban J connectivity index is 2.00. The predicted molar refractivity (Wildman–Crippen MR) is 101 cm³/mol. The summed E-state index contributed by atoms with van der Waals surface area (Å²) in [6.45, 7) is 1.34. The second-order valence-electron chi connectivity index (χ2n) is 6.27. The van der Waals surface area contributed by atoms with Gasteiger partial charge in [-0.1, -0.05) is 18.2 Å². The first kappa shape index (κ1) is 21.0. The molecule has 3 aromatic rings. The number of benzene rings is 2. The third kappa shape index (κ3) is 3.76. The highest BCUT2D eigenvalue weighted by atomic mass is 32.2. The summed E-state index contributed by atoms with van der Waals surface area (Å²) in [5.41, 5.74) is -1.59. The van der Waals surface area contributed by atoms with E-state index in [1.165, 1.54) is 26.1 Å². The van der Waals surface area contributed by atoms with Gasteiger partial charge in [0.2, 0.25) is 0 Å². The summed E-state index contributed by atoms with van der Waals surface area (Å²) in [6, 6.07) is 6.82. The minimum Gasteiger partial charge on any atom is -0.333 e. The number of imidazole rings is 1. The number of nitro benzene ring substituents is 1. The van der Waals surface area contributed by atoms with Crippen LogP contribution in [0.15, 0.2) is 47.5 Å². The second kappa shape index (κ2) is 7.63. The molecule has 156 valence electrons. The summed E-state index contributed by atoms with van der Waals surface area (Å²) in [5.74, 6) is -3.29. The summed E-state index contributed by atoms with van der Waals surface area (Å²) >= 11 is 0. The van der Waals surface area contributed by atoms with E-state index in [0.29, 0.717) is 0 Å². The van der Waals surface area contributed by atoms with E-state index >= 15 is 0 Å². The molecule has 12 heteroatoms. The summed E-state index contributed by atoms with van der Waals surface area (Å²) in [5, 5.41) is 11.2. The second-order valence-corrected chi connectivity index (χ2v) is 7.89. The lowest BCUT2D eigenvalue weighted by Crippen LogP contribution is -2.31. The number of nitro groups is 1. The normalized spacial score (nSPS) is 11.3. The Bertz CT molecular complexity index is 1270. The lowest BCUT2D eigenvalue weighted by Gasteiger charge is -2.08. The number of hydrogen-bond acceptors (Lipinski definition) is 6. The number of carbonyl (C=O) groups excluding carboxylic acids is 1. The monoisotopic (exact) mass is 436 g/mol. The summed E-state index contributed by atoms with van der Waals surface area (Å²) in [4.78, 5) is 25.9. The van der Waals surface area contributed by atoms with Crippen LogP contribution in [0.25, 0.3) is 11.4 Å². The molecule has 0 spiro atoms. The number of nitrogens with one attached hydrogen (secondary N) is 1. The van der Waals surface area contributed by atoms with Crippen LogP contribution in [-0.4, -0.2) is 28.8 Å². The van der Waals surface area contributed by atoms with Gasteiger partial charge in [0.1, 0.15) is 23.2 Å². The minimum absolute atomic E-state index is 0.0552. The summed E-state index contributed by atoms with van der Waals surface area (Å²) in [7, 11) is -3.27. The number of carbonyl (C=O) groups is 1. The molecule has 0 unspecified atom stereocenters. The first-order valence-corrected chi connectivity index (χ1v) is 9.80. The van der Waals surface area contributed by atoms with Crippen LogP contribution in [0.5, 0.6) is 0 Å². The van der Waals surface area contributed by atoms with Crippen molar-refractivity contribution in [3.05, 3.63) is 75.6 Å². The van der Waals surface area contributed by atoms with E-state index in [-0.39, 0.29) is 11.4 Å². The van der Waals surface area contributed by atoms with Crippen molar-refractivity contribution in [1.82, 2.24) is 14.3 Å². The van der Waals surface area contributed by atoms with Crippen molar-refractivity contribution >= 4 is 21.6 Å². The average molecular weight is 436 g/mol. The van der Waals surface area contributed by atoms with E-state index in [1.54, 1.807) is 4.72 Å². The first-order chi connectivity index (χ1) is 14.0. The van der Waals surface area contributed by atoms with Crippen molar-refractivity contribution < 1.29 is 26.9 Å². The van der Waals surface area contributed by atoms with Crippen LogP contribution in [0.1, 0.15) is 16.1 Å². The van der Waals surface area contributed by atoms with Crippen LogP contribution in [0, 0.1) is 28.7 Å². The van der Waals surface area contributed by atoms with Crippen molar-refractivity contribution in [2.75, 3.05) is 0 Å². The zero-order valence-electron chi connectivity index (χ0n) is 15.6. The quantitative estimate of drug-likeness (QED) is 0.484. The van der Waals surface area contributed by atoms with Crippen molar-refractivity contribution in [3.63, 3.8) is 0 Å². The van der Waals surface area contributed by atoms with Crippen molar-refractivity contribution in [3.8, 4) is 11.4 Å². The first-order valence-electron chi connectivity index (χ1n) is 8.32. The Labute approximate surface area is 169 Å².